The van der Waals surface area contributed by atoms with Gasteiger partial charge >= 0.3 is 5.97 Å². The van der Waals surface area contributed by atoms with E-state index in [1.165, 1.54) is 0 Å². The third-order valence-electron chi connectivity index (χ3n) is 1.44. The first-order chi connectivity index (χ1) is 6.24. The van der Waals surface area contributed by atoms with Crippen LogP contribution in [0.15, 0.2) is 12.7 Å². The van der Waals surface area contributed by atoms with Crippen molar-refractivity contribution in [2.75, 3.05) is 19.8 Å². The van der Waals surface area contributed by atoms with E-state index in [-0.39, 0.29) is 19.3 Å². The first kappa shape index (κ1) is 12.1. The van der Waals surface area contributed by atoms with Crippen LogP contribution in [0.4, 0.5) is 0 Å². The summed E-state index contributed by atoms with van der Waals surface area (Å²) in [6, 6.07) is 0. The molecule has 1 atom stereocenters. The van der Waals surface area contributed by atoms with Crippen molar-refractivity contribution < 1.29 is 19.4 Å². The number of hydrogen-bond acceptors (Lipinski definition) is 4. The number of aliphatic hydroxyl groups is 1. The van der Waals surface area contributed by atoms with E-state index in [2.05, 4.69) is 6.58 Å². The van der Waals surface area contributed by atoms with Gasteiger partial charge in [-0.15, -0.1) is 0 Å². The molecule has 76 valence electrons. The molecule has 0 bridgehead atoms. The summed E-state index contributed by atoms with van der Waals surface area (Å²) in [5.41, 5.74) is 0. The molecule has 0 aliphatic heterocycles. The summed E-state index contributed by atoms with van der Waals surface area (Å²) >= 11 is 0. The second kappa shape index (κ2) is 7.76. The fourth-order valence-corrected chi connectivity index (χ4v) is 0.727. The molecule has 4 heteroatoms. The maximum absolute atomic E-state index is 10.8. The van der Waals surface area contributed by atoms with E-state index in [0.29, 0.717) is 13.0 Å². The van der Waals surface area contributed by atoms with Crippen molar-refractivity contribution in [2.24, 2.45) is 0 Å². The number of carbonyl (C=O) groups is 1. The molecule has 1 unspecified atom stereocenters. The molecule has 0 amide bonds. The SMILES string of the molecule is C=CC(=O)OC(CC)COCCO. The lowest BCUT2D eigenvalue weighted by molar-refractivity contribution is -0.146. The van der Waals surface area contributed by atoms with Gasteiger partial charge in [0.25, 0.3) is 0 Å². The Morgan fingerprint density at radius 3 is 2.85 bits per heavy atom. The Morgan fingerprint density at radius 1 is 1.69 bits per heavy atom. The van der Waals surface area contributed by atoms with Crippen LogP contribution in [-0.4, -0.2) is 37.0 Å². The Bertz CT molecular complexity index is 156. The fourth-order valence-electron chi connectivity index (χ4n) is 0.727. The Balaban J connectivity index is 3.62. The Hall–Kier alpha value is -0.870. The largest absolute Gasteiger partial charge is 0.457 e. The molecule has 0 saturated heterocycles. The van der Waals surface area contributed by atoms with Crippen LogP contribution >= 0.6 is 0 Å². The summed E-state index contributed by atoms with van der Waals surface area (Å²) in [4.78, 5) is 10.8. The van der Waals surface area contributed by atoms with Crippen LogP contribution in [-0.2, 0) is 14.3 Å². The number of rotatable bonds is 7. The van der Waals surface area contributed by atoms with Crippen molar-refractivity contribution in [3.63, 3.8) is 0 Å². The molecule has 0 aromatic rings. The molecule has 0 saturated carbocycles. The predicted molar refractivity (Wildman–Crippen MR) is 48.3 cm³/mol. The maximum atomic E-state index is 10.8. The highest BCUT2D eigenvalue weighted by atomic mass is 16.6. The molecule has 0 fully saturated rings. The van der Waals surface area contributed by atoms with Gasteiger partial charge in [-0.1, -0.05) is 13.5 Å². The van der Waals surface area contributed by atoms with Crippen molar-refractivity contribution in [1.29, 1.82) is 0 Å². The molecule has 0 aromatic carbocycles. The van der Waals surface area contributed by atoms with Gasteiger partial charge in [0, 0.05) is 6.08 Å². The lowest BCUT2D eigenvalue weighted by atomic mass is 10.3. The molecule has 0 heterocycles. The maximum Gasteiger partial charge on any atom is 0.330 e. The first-order valence-corrected chi connectivity index (χ1v) is 4.26. The third-order valence-corrected chi connectivity index (χ3v) is 1.44. The summed E-state index contributed by atoms with van der Waals surface area (Å²) in [6.07, 6.45) is 1.55. The second-order valence-corrected chi connectivity index (χ2v) is 2.47. The zero-order valence-electron chi connectivity index (χ0n) is 7.86. The van der Waals surface area contributed by atoms with E-state index in [4.69, 9.17) is 14.6 Å². The van der Waals surface area contributed by atoms with Gasteiger partial charge in [-0.05, 0) is 6.42 Å². The van der Waals surface area contributed by atoms with Crippen LogP contribution in [0.3, 0.4) is 0 Å². The first-order valence-electron chi connectivity index (χ1n) is 4.26. The Labute approximate surface area is 78.2 Å². The molecule has 0 radical (unpaired) electrons. The van der Waals surface area contributed by atoms with Crippen LogP contribution in [0, 0.1) is 0 Å². The van der Waals surface area contributed by atoms with Crippen LogP contribution in [0.5, 0.6) is 0 Å². The van der Waals surface area contributed by atoms with Gasteiger partial charge in [-0.2, -0.15) is 0 Å². The number of carbonyl (C=O) groups excluding carboxylic acids is 1. The molecule has 0 aliphatic carbocycles. The number of ether oxygens (including phenoxy) is 2. The van der Waals surface area contributed by atoms with Crippen molar-refractivity contribution in [1.82, 2.24) is 0 Å². The molecule has 0 aliphatic rings. The van der Waals surface area contributed by atoms with Gasteiger partial charge in [0.15, 0.2) is 0 Å². The summed E-state index contributed by atoms with van der Waals surface area (Å²) in [7, 11) is 0. The third kappa shape index (κ3) is 6.31. The van der Waals surface area contributed by atoms with Gasteiger partial charge in [0.2, 0.25) is 0 Å². The molecular weight excluding hydrogens is 172 g/mol. The zero-order valence-corrected chi connectivity index (χ0v) is 7.86. The van der Waals surface area contributed by atoms with Crippen molar-refractivity contribution in [2.45, 2.75) is 19.4 Å². The van der Waals surface area contributed by atoms with Crippen molar-refractivity contribution >= 4 is 5.97 Å². The molecule has 0 aromatic heterocycles. The Kier molecular flexibility index (Phi) is 7.24. The van der Waals surface area contributed by atoms with Gasteiger partial charge in [0.1, 0.15) is 6.10 Å². The minimum absolute atomic E-state index is 0.0220. The Morgan fingerprint density at radius 2 is 2.38 bits per heavy atom. The molecule has 0 rings (SSSR count). The molecule has 13 heavy (non-hydrogen) atoms. The van der Waals surface area contributed by atoms with E-state index in [1.807, 2.05) is 6.92 Å². The minimum Gasteiger partial charge on any atom is -0.457 e. The highest BCUT2D eigenvalue weighted by Crippen LogP contribution is 1.99. The van der Waals surface area contributed by atoms with E-state index in [9.17, 15) is 4.79 Å². The lowest BCUT2D eigenvalue weighted by Gasteiger charge is -2.14. The van der Waals surface area contributed by atoms with E-state index < -0.39 is 5.97 Å². The van der Waals surface area contributed by atoms with Crippen LogP contribution in [0.2, 0.25) is 0 Å². The topological polar surface area (TPSA) is 55.8 Å². The molecule has 0 spiro atoms. The van der Waals surface area contributed by atoms with Crippen LogP contribution in [0.25, 0.3) is 0 Å². The summed E-state index contributed by atoms with van der Waals surface area (Å²) in [5, 5.41) is 8.43. The average molecular weight is 188 g/mol. The van der Waals surface area contributed by atoms with Crippen LogP contribution in [0.1, 0.15) is 13.3 Å². The summed E-state index contributed by atoms with van der Waals surface area (Å²) in [6.45, 7) is 5.74. The van der Waals surface area contributed by atoms with Gasteiger partial charge in [-0.25, -0.2) is 4.79 Å². The molecular formula is C9H16O4. The van der Waals surface area contributed by atoms with E-state index >= 15 is 0 Å². The lowest BCUT2D eigenvalue weighted by Crippen LogP contribution is -2.22. The summed E-state index contributed by atoms with van der Waals surface area (Å²) < 4.78 is 9.95. The smallest absolute Gasteiger partial charge is 0.330 e. The average Bonchev–Trinajstić information content (AvgIpc) is 2.16. The zero-order chi connectivity index (χ0) is 10.1. The monoisotopic (exact) mass is 188 g/mol. The van der Waals surface area contributed by atoms with E-state index in [1.54, 1.807) is 0 Å². The quantitative estimate of drug-likeness (QED) is 0.359. The summed E-state index contributed by atoms with van der Waals surface area (Å²) in [5.74, 6) is -0.445. The number of aliphatic hydroxyl groups excluding tert-OH is 1. The van der Waals surface area contributed by atoms with Gasteiger partial charge < -0.3 is 14.6 Å². The molecule has 1 N–H and O–H groups in total. The van der Waals surface area contributed by atoms with E-state index in [0.717, 1.165) is 6.08 Å². The highest BCUT2D eigenvalue weighted by Gasteiger charge is 2.09. The van der Waals surface area contributed by atoms with Crippen LogP contribution < -0.4 is 0 Å². The normalized spacial score (nSPS) is 12.2. The van der Waals surface area contributed by atoms with Crippen molar-refractivity contribution in [3.05, 3.63) is 12.7 Å². The second-order valence-electron chi connectivity index (χ2n) is 2.47. The molecule has 4 nitrogen and oxygen atoms in total. The van der Waals surface area contributed by atoms with Gasteiger partial charge in [-0.3, -0.25) is 0 Å². The number of hydrogen-bond donors (Lipinski definition) is 1. The van der Waals surface area contributed by atoms with Crippen molar-refractivity contribution in [3.8, 4) is 0 Å². The number of esters is 1. The minimum atomic E-state index is -0.445. The van der Waals surface area contributed by atoms with Gasteiger partial charge in [0.05, 0.1) is 19.8 Å². The fraction of sp³-hybridized carbons (Fsp3) is 0.667. The standard InChI is InChI=1S/C9H16O4/c1-3-8(7-12-6-5-10)13-9(11)4-2/h4,8,10H,2-3,5-7H2,1H3. The highest BCUT2D eigenvalue weighted by molar-refractivity contribution is 5.81. The predicted octanol–water partition coefficient (Wildman–Crippen LogP) is 0.503.